The minimum atomic E-state index is 0.416. The van der Waals surface area contributed by atoms with Crippen molar-refractivity contribution in [1.29, 1.82) is 0 Å². The highest BCUT2D eigenvalue weighted by Crippen LogP contribution is 2.28. The normalized spacial score (nSPS) is 10.7. The first-order valence-corrected chi connectivity index (χ1v) is 8.98. The van der Waals surface area contributed by atoms with Crippen molar-refractivity contribution in [3.05, 3.63) is 70.5 Å². The number of nitrogens with two attached hydrogens (primary N) is 1. The number of hydrogen-bond acceptors (Lipinski definition) is 5. The van der Waals surface area contributed by atoms with E-state index in [4.69, 9.17) is 10.6 Å². The largest absolute Gasteiger partial charge is 0.473 e. The summed E-state index contributed by atoms with van der Waals surface area (Å²) in [6.07, 6.45) is 1.87. The van der Waals surface area contributed by atoms with Crippen LogP contribution in [-0.4, -0.2) is 17.0 Å². The van der Waals surface area contributed by atoms with Crippen molar-refractivity contribution in [2.24, 2.45) is 5.84 Å². The van der Waals surface area contributed by atoms with Crippen LogP contribution in [0.15, 0.2) is 42.6 Å². The summed E-state index contributed by atoms with van der Waals surface area (Å²) in [5, 5.41) is 1.61. The van der Waals surface area contributed by atoms with Gasteiger partial charge < -0.3 is 9.75 Å². The van der Waals surface area contributed by atoms with Gasteiger partial charge in [0.25, 0.3) is 0 Å². The Morgan fingerprint density at radius 1 is 1.04 bits per heavy atom. The Labute approximate surface area is 160 Å². The number of anilines is 1. The third kappa shape index (κ3) is 4.09. The summed E-state index contributed by atoms with van der Waals surface area (Å²) < 4.78 is 6.07. The van der Waals surface area contributed by atoms with Crippen molar-refractivity contribution in [3.8, 4) is 17.1 Å². The Balaban J connectivity index is 1.87. The lowest BCUT2D eigenvalue weighted by Crippen LogP contribution is -2.26. The van der Waals surface area contributed by atoms with Crippen LogP contribution in [0.3, 0.4) is 0 Å². The Morgan fingerprint density at radius 2 is 1.81 bits per heavy atom. The maximum Gasteiger partial charge on any atom is 0.216 e. The van der Waals surface area contributed by atoms with E-state index in [-0.39, 0.29) is 0 Å². The van der Waals surface area contributed by atoms with E-state index in [1.54, 1.807) is 5.01 Å². The number of ether oxygens (including phenoxy) is 1. The molecule has 5 nitrogen and oxygen atoms in total. The van der Waals surface area contributed by atoms with Crippen LogP contribution in [0.4, 0.5) is 5.69 Å². The first kappa shape index (κ1) is 18.9. The van der Waals surface area contributed by atoms with Crippen LogP contribution in [0.1, 0.15) is 27.9 Å². The third-order valence-corrected chi connectivity index (χ3v) is 4.66. The van der Waals surface area contributed by atoms with Gasteiger partial charge in [-0.05, 0) is 57.0 Å². The summed E-state index contributed by atoms with van der Waals surface area (Å²) >= 11 is 0. The number of hydrazine groups is 1. The molecule has 3 rings (SSSR count). The average Bonchev–Trinajstić information content (AvgIpc) is 2.63. The predicted octanol–water partition coefficient (Wildman–Crippen LogP) is 4.27. The Bertz CT molecular complexity index is 949. The lowest BCUT2D eigenvalue weighted by atomic mass is 10.1. The molecular formula is C22H26N4O. The van der Waals surface area contributed by atoms with E-state index < -0.39 is 0 Å². The molecule has 0 fully saturated rings. The number of benzene rings is 1. The minimum absolute atomic E-state index is 0.416. The van der Waals surface area contributed by atoms with Gasteiger partial charge in [0.05, 0.1) is 17.1 Å². The molecule has 1 aromatic carbocycles. The molecule has 2 N–H and O–H groups in total. The third-order valence-electron chi connectivity index (χ3n) is 4.66. The summed E-state index contributed by atoms with van der Waals surface area (Å²) in [7, 11) is 1.83. The summed E-state index contributed by atoms with van der Waals surface area (Å²) in [6, 6.07) is 12.2. The summed E-state index contributed by atoms with van der Waals surface area (Å²) in [4.78, 5) is 9.20. The van der Waals surface area contributed by atoms with Crippen LogP contribution in [0.5, 0.6) is 5.88 Å². The molecule has 2 heterocycles. The summed E-state index contributed by atoms with van der Waals surface area (Å²) in [5.41, 5.74) is 8.11. The van der Waals surface area contributed by atoms with E-state index in [1.165, 1.54) is 0 Å². The van der Waals surface area contributed by atoms with Crippen molar-refractivity contribution in [3.63, 3.8) is 0 Å². The number of nitrogens with zero attached hydrogens (tertiary/aromatic N) is 3. The van der Waals surface area contributed by atoms with Crippen LogP contribution in [0.25, 0.3) is 11.3 Å². The Morgan fingerprint density at radius 3 is 2.48 bits per heavy atom. The first-order valence-electron chi connectivity index (χ1n) is 8.98. The quantitative estimate of drug-likeness (QED) is 0.542. The molecule has 0 atom stereocenters. The fourth-order valence-corrected chi connectivity index (χ4v) is 3.06. The molecule has 0 amide bonds. The second kappa shape index (κ2) is 7.76. The fraction of sp³-hybridized carbons (Fsp3) is 0.273. The second-order valence-corrected chi connectivity index (χ2v) is 6.94. The average molecular weight is 362 g/mol. The number of aryl methyl sites for hydroxylation is 4. The van der Waals surface area contributed by atoms with E-state index in [2.05, 4.69) is 35.1 Å². The first-order chi connectivity index (χ1) is 12.9. The minimum Gasteiger partial charge on any atom is -0.473 e. The van der Waals surface area contributed by atoms with Crippen molar-refractivity contribution in [1.82, 2.24) is 9.97 Å². The van der Waals surface area contributed by atoms with Crippen LogP contribution in [-0.2, 0) is 6.61 Å². The van der Waals surface area contributed by atoms with Crippen LogP contribution in [0.2, 0.25) is 0 Å². The zero-order valence-corrected chi connectivity index (χ0v) is 16.6. The topological polar surface area (TPSA) is 64.3 Å². The molecule has 0 saturated carbocycles. The van der Waals surface area contributed by atoms with Gasteiger partial charge in [-0.3, -0.25) is 4.98 Å². The lowest BCUT2D eigenvalue weighted by molar-refractivity contribution is 0.290. The van der Waals surface area contributed by atoms with Crippen molar-refractivity contribution < 1.29 is 4.74 Å². The number of rotatable bonds is 5. The highest BCUT2D eigenvalue weighted by Gasteiger charge is 2.13. The molecule has 3 aromatic rings. The maximum atomic E-state index is 6.07. The van der Waals surface area contributed by atoms with Gasteiger partial charge in [0.2, 0.25) is 5.88 Å². The van der Waals surface area contributed by atoms with E-state index in [9.17, 15) is 0 Å². The zero-order valence-electron chi connectivity index (χ0n) is 16.6. The number of aromatic nitrogens is 2. The van der Waals surface area contributed by atoms with Gasteiger partial charge in [0, 0.05) is 29.9 Å². The highest BCUT2D eigenvalue weighted by molar-refractivity contribution is 5.63. The molecule has 0 aliphatic carbocycles. The molecule has 5 heteroatoms. The van der Waals surface area contributed by atoms with E-state index in [0.717, 1.165) is 44.9 Å². The molecule has 0 aliphatic rings. The fourth-order valence-electron chi connectivity index (χ4n) is 3.06. The smallest absolute Gasteiger partial charge is 0.216 e. The van der Waals surface area contributed by atoms with E-state index in [0.29, 0.717) is 12.5 Å². The van der Waals surface area contributed by atoms with Gasteiger partial charge in [-0.1, -0.05) is 18.2 Å². The lowest BCUT2D eigenvalue weighted by Gasteiger charge is -2.19. The molecule has 27 heavy (non-hydrogen) atoms. The van der Waals surface area contributed by atoms with Crippen molar-refractivity contribution in [2.75, 3.05) is 12.1 Å². The second-order valence-electron chi connectivity index (χ2n) is 6.94. The molecule has 0 spiro atoms. The summed E-state index contributed by atoms with van der Waals surface area (Å²) in [5.74, 6) is 6.59. The number of pyridine rings is 2. The molecule has 0 aliphatic heterocycles. The predicted molar refractivity (Wildman–Crippen MR) is 110 cm³/mol. The van der Waals surface area contributed by atoms with Gasteiger partial charge in [0.15, 0.2) is 0 Å². The van der Waals surface area contributed by atoms with E-state index >= 15 is 0 Å². The summed E-state index contributed by atoms with van der Waals surface area (Å²) in [6.45, 7) is 8.49. The van der Waals surface area contributed by atoms with Gasteiger partial charge in [0.1, 0.15) is 6.61 Å². The van der Waals surface area contributed by atoms with E-state index in [1.807, 2.05) is 52.2 Å². The van der Waals surface area contributed by atoms with Crippen LogP contribution in [0, 0.1) is 27.7 Å². The Hall–Kier alpha value is -2.92. The molecule has 0 saturated heterocycles. The molecule has 0 radical (unpaired) electrons. The molecule has 140 valence electrons. The number of hydrogen-bond donors (Lipinski definition) is 1. The molecular weight excluding hydrogens is 336 g/mol. The molecule has 0 unspecified atom stereocenters. The van der Waals surface area contributed by atoms with Crippen molar-refractivity contribution in [2.45, 2.75) is 34.3 Å². The van der Waals surface area contributed by atoms with Crippen LogP contribution < -0.4 is 15.6 Å². The standard InChI is InChI=1S/C22H26N4O/c1-14-9-10-20(24-12-14)18-11-16(3)22(25-17(18)4)27-13-19-15(2)7-6-8-21(19)26(5)23/h6-12H,13,23H2,1-5H3. The van der Waals surface area contributed by atoms with Crippen molar-refractivity contribution >= 4 is 5.69 Å². The van der Waals surface area contributed by atoms with Gasteiger partial charge in [-0.15, -0.1) is 0 Å². The van der Waals surface area contributed by atoms with Gasteiger partial charge >= 0.3 is 0 Å². The van der Waals surface area contributed by atoms with Gasteiger partial charge in [-0.2, -0.15) is 0 Å². The highest BCUT2D eigenvalue weighted by atomic mass is 16.5. The van der Waals surface area contributed by atoms with Crippen LogP contribution >= 0.6 is 0 Å². The molecule has 0 bridgehead atoms. The van der Waals surface area contributed by atoms with Gasteiger partial charge in [-0.25, -0.2) is 10.8 Å². The monoisotopic (exact) mass is 362 g/mol. The maximum absolute atomic E-state index is 6.07. The SMILES string of the molecule is Cc1ccc(-c2cc(C)c(OCc3c(C)cccc3N(C)N)nc2C)nc1. The molecule has 2 aromatic heterocycles. The zero-order chi connectivity index (χ0) is 19.6. The Kier molecular flexibility index (Phi) is 5.42.